The number of hydrogen-bond acceptors (Lipinski definition) is 4. The van der Waals surface area contributed by atoms with Crippen LogP contribution in [0.1, 0.15) is 25.0 Å². The molecule has 3 N–H and O–H groups in total. The molecule has 1 aliphatic heterocycles. The molecule has 0 radical (unpaired) electrons. The molecule has 0 saturated heterocycles. The van der Waals surface area contributed by atoms with Crippen molar-refractivity contribution in [2.75, 3.05) is 0 Å². The zero-order valence-corrected chi connectivity index (χ0v) is 9.11. The van der Waals surface area contributed by atoms with Crippen LogP contribution in [0.3, 0.4) is 0 Å². The first kappa shape index (κ1) is 10.4. The Labute approximate surface area is 93.6 Å². The van der Waals surface area contributed by atoms with Crippen molar-refractivity contribution in [1.82, 2.24) is 0 Å². The number of fused-ring (bicyclic) bond motifs is 1. The summed E-state index contributed by atoms with van der Waals surface area (Å²) in [6.45, 7) is 3.55. The molecule has 16 heavy (non-hydrogen) atoms. The predicted molar refractivity (Wildman–Crippen MR) is 59.6 cm³/mol. The second kappa shape index (κ2) is 3.17. The summed E-state index contributed by atoms with van der Waals surface area (Å²) in [7, 11) is 0. The van der Waals surface area contributed by atoms with Gasteiger partial charge in [-0.25, -0.2) is 0 Å². The maximum absolute atomic E-state index is 9.95. The van der Waals surface area contributed by atoms with Crippen molar-refractivity contribution in [3.05, 3.63) is 35.0 Å². The minimum atomic E-state index is -0.731. The molecule has 0 aliphatic carbocycles. The first-order chi connectivity index (χ1) is 7.45. The summed E-state index contributed by atoms with van der Waals surface area (Å²) in [6, 6.07) is 6.87. The van der Waals surface area contributed by atoms with Crippen LogP contribution in [0.15, 0.2) is 23.9 Å². The van der Waals surface area contributed by atoms with Crippen molar-refractivity contribution >= 4 is 5.76 Å². The van der Waals surface area contributed by atoms with Gasteiger partial charge in [-0.1, -0.05) is 0 Å². The highest BCUT2D eigenvalue weighted by molar-refractivity contribution is 5.71. The molecule has 0 unspecified atom stereocenters. The van der Waals surface area contributed by atoms with Gasteiger partial charge in [0.15, 0.2) is 0 Å². The van der Waals surface area contributed by atoms with Gasteiger partial charge in [0.1, 0.15) is 17.1 Å². The van der Waals surface area contributed by atoms with Gasteiger partial charge < -0.3 is 15.6 Å². The summed E-state index contributed by atoms with van der Waals surface area (Å²) in [6.07, 6.45) is 0. The number of hydrogen-bond donors (Lipinski definition) is 2. The van der Waals surface area contributed by atoms with E-state index in [4.69, 9.17) is 15.7 Å². The number of nitrogens with two attached hydrogens (primary N) is 1. The van der Waals surface area contributed by atoms with Gasteiger partial charge in [-0.05, 0) is 32.0 Å². The first-order valence-corrected chi connectivity index (χ1v) is 4.88. The normalized spacial score (nSPS) is 17.3. The number of nitrogens with zero attached hydrogens (tertiary/aromatic N) is 1. The SMILES string of the molecule is CC1(C)Oc2ccc(C#N)cc2C(O)=C1N. The van der Waals surface area contributed by atoms with E-state index < -0.39 is 5.60 Å². The Balaban J connectivity index is 2.65. The van der Waals surface area contributed by atoms with E-state index in [0.717, 1.165) is 0 Å². The lowest BCUT2D eigenvalue weighted by Gasteiger charge is -2.32. The molecule has 0 saturated carbocycles. The van der Waals surface area contributed by atoms with Gasteiger partial charge >= 0.3 is 0 Å². The molecule has 1 aromatic carbocycles. The molecule has 0 spiro atoms. The second-order valence-corrected chi connectivity index (χ2v) is 4.20. The highest BCUT2D eigenvalue weighted by atomic mass is 16.5. The summed E-state index contributed by atoms with van der Waals surface area (Å²) in [4.78, 5) is 0. The molecule has 4 heteroatoms. The largest absolute Gasteiger partial charge is 0.505 e. The van der Waals surface area contributed by atoms with Gasteiger partial charge in [-0.3, -0.25) is 0 Å². The zero-order chi connectivity index (χ0) is 11.9. The van der Waals surface area contributed by atoms with Gasteiger partial charge in [-0.15, -0.1) is 0 Å². The van der Waals surface area contributed by atoms with Gasteiger partial charge in [0.05, 0.1) is 22.9 Å². The van der Waals surface area contributed by atoms with Crippen molar-refractivity contribution in [2.24, 2.45) is 5.73 Å². The summed E-state index contributed by atoms with van der Waals surface area (Å²) in [5.41, 5.74) is 6.25. The Bertz CT molecular complexity index is 524. The van der Waals surface area contributed by atoms with E-state index in [9.17, 15) is 5.11 Å². The molecule has 4 nitrogen and oxygen atoms in total. The minimum absolute atomic E-state index is 0.0108. The van der Waals surface area contributed by atoms with E-state index in [-0.39, 0.29) is 11.5 Å². The number of nitriles is 1. The third-order valence-electron chi connectivity index (χ3n) is 2.63. The lowest BCUT2D eigenvalue weighted by Crippen LogP contribution is -2.38. The van der Waals surface area contributed by atoms with Crippen molar-refractivity contribution in [1.29, 1.82) is 5.26 Å². The van der Waals surface area contributed by atoms with Gasteiger partial charge in [-0.2, -0.15) is 5.26 Å². The quantitative estimate of drug-likeness (QED) is 0.694. The molecule has 0 aromatic heterocycles. The van der Waals surface area contributed by atoms with Crippen LogP contribution >= 0.6 is 0 Å². The molecule has 82 valence electrons. The van der Waals surface area contributed by atoms with Crippen molar-refractivity contribution < 1.29 is 9.84 Å². The number of aliphatic hydroxyl groups excluding tert-OH is 1. The molecular weight excluding hydrogens is 204 g/mol. The lowest BCUT2D eigenvalue weighted by molar-refractivity contribution is 0.138. The zero-order valence-electron chi connectivity index (χ0n) is 9.11. The van der Waals surface area contributed by atoms with Crippen LogP contribution in [0.2, 0.25) is 0 Å². The second-order valence-electron chi connectivity index (χ2n) is 4.20. The van der Waals surface area contributed by atoms with Crippen LogP contribution in [-0.2, 0) is 0 Å². The lowest BCUT2D eigenvalue weighted by atomic mass is 9.96. The van der Waals surface area contributed by atoms with Crippen LogP contribution in [0, 0.1) is 11.3 Å². The van der Waals surface area contributed by atoms with Crippen LogP contribution < -0.4 is 10.5 Å². The van der Waals surface area contributed by atoms with Crippen LogP contribution in [0.25, 0.3) is 5.76 Å². The maximum Gasteiger partial charge on any atom is 0.149 e. The van der Waals surface area contributed by atoms with Crippen LogP contribution in [0.4, 0.5) is 0 Å². The summed E-state index contributed by atoms with van der Waals surface area (Å²) in [5, 5.41) is 18.7. The highest BCUT2D eigenvalue weighted by Gasteiger charge is 2.33. The van der Waals surface area contributed by atoms with Crippen molar-refractivity contribution in [3.63, 3.8) is 0 Å². The van der Waals surface area contributed by atoms with E-state index >= 15 is 0 Å². The van der Waals surface area contributed by atoms with E-state index in [2.05, 4.69) is 0 Å². The van der Waals surface area contributed by atoms with E-state index in [1.165, 1.54) is 0 Å². The Morgan fingerprint density at radius 2 is 2.12 bits per heavy atom. The smallest absolute Gasteiger partial charge is 0.149 e. The molecule has 1 aromatic rings. The summed E-state index contributed by atoms with van der Waals surface area (Å²) in [5.74, 6) is 0.527. The summed E-state index contributed by atoms with van der Waals surface area (Å²) < 4.78 is 5.65. The average molecular weight is 216 g/mol. The minimum Gasteiger partial charge on any atom is -0.505 e. The van der Waals surface area contributed by atoms with Crippen molar-refractivity contribution in [2.45, 2.75) is 19.4 Å². The Morgan fingerprint density at radius 3 is 2.75 bits per heavy atom. The van der Waals surface area contributed by atoms with Gasteiger partial charge in [0.2, 0.25) is 0 Å². The van der Waals surface area contributed by atoms with Crippen molar-refractivity contribution in [3.8, 4) is 11.8 Å². The summed E-state index contributed by atoms with van der Waals surface area (Å²) >= 11 is 0. The average Bonchev–Trinajstić information content (AvgIpc) is 2.25. The van der Waals surface area contributed by atoms with Gasteiger partial charge in [0.25, 0.3) is 0 Å². The maximum atomic E-state index is 9.95. The molecular formula is C12H12N2O2. The number of ether oxygens (including phenoxy) is 1. The topological polar surface area (TPSA) is 79.3 Å². The molecule has 0 amide bonds. The third-order valence-corrected chi connectivity index (χ3v) is 2.63. The third kappa shape index (κ3) is 1.38. The molecule has 1 aliphatic rings. The molecule has 1 heterocycles. The van der Waals surface area contributed by atoms with Crippen LogP contribution in [-0.4, -0.2) is 10.7 Å². The Hall–Kier alpha value is -2.15. The fraction of sp³-hybridized carbons (Fsp3) is 0.250. The molecule has 0 bridgehead atoms. The first-order valence-electron chi connectivity index (χ1n) is 4.88. The fourth-order valence-electron chi connectivity index (χ4n) is 1.63. The van der Waals surface area contributed by atoms with E-state index in [1.807, 2.05) is 6.07 Å². The highest BCUT2D eigenvalue weighted by Crippen LogP contribution is 2.37. The predicted octanol–water partition coefficient (Wildman–Crippen LogP) is 1.91. The molecule has 2 rings (SSSR count). The monoisotopic (exact) mass is 216 g/mol. The van der Waals surface area contributed by atoms with E-state index in [0.29, 0.717) is 16.9 Å². The van der Waals surface area contributed by atoms with E-state index in [1.54, 1.807) is 32.0 Å². The number of aliphatic hydroxyl groups is 1. The standard InChI is InChI=1S/C12H12N2O2/c1-12(2)11(14)10(15)8-5-7(6-13)3-4-9(8)16-12/h3-5,15H,14H2,1-2H3. The van der Waals surface area contributed by atoms with Gasteiger partial charge in [0, 0.05) is 0 Å². The number of benzene rings is 1. The molecule has 0 atom stereocenters. The Kier molecular flexibility index (Phi) is 2.06. The Morgan fingerprint density at radius 1 is 1.44 bits per heavy atom. The number of rotatable bonds is 0. The molecule has 0 fully saturated rings. The fourth-order valence-corrected chi connectivity index (χ4v) is 1.63. The van der Waals surface area contributed by atoms with Crippen LogP contribution in [0.5, 0.6) is 5.75 Å².